The Morgan fingerprint density at radius 1 is 1.25 bits per heavy atom. The molecule has 0 radical (unpaired) electrons. The summed E-state index contributed by atoms with van der Waals surface area (Å²) in [5, 5.41) is 3.72. The summed E-state index contributed by atoms with van der Waals surface area (Å²) in [4.78, 5) is 32.1. The van der Waals surface area contributed by atoms with Crippen LogP contribution < -0.4 is 10.9 Å². The molecule has 1 aliphatic carbocycles. The molecule has 0 bridgehead atoms. The van der Waals surface area contributed by atoms with Gasteiger partial charge in [-0.15, -0.1) is 11.3 Å². The molecule has 4 rings (SSSR count). The van der Waals surface area contributed by atoms with Gasteiger partial charge in [0.05, 0.1) is 17.8 Å². The van der Waals surface area contributed by atoms with E-state index in [2.05, 4.69) is 36.3 Å². The van der Waals surface area contributed by atoms with E-state index in [1.807, 2.05) is 13.0 Å². The molecule has 28 heavy (non-hydrogen) atoms. The molecule has 0 saturated heterocycles. The number of hydrogen-bond acceptors (Lipinski definition) is 4. The number of benzene rings is 1. The first kappa shape index (κ1) is 18.9. The Labute approximate surface area is 168 Å². The lowest BCUT2D eigenvalue weighted by molar-refractivity contribution is -0.122. The van der Waals surface area contributed by atoms with Crippen LogP contribution in [0.5, 0.6) is 0 Å². The average molecular weight is 396 g/mol. The predicted octanol–water partition coefficient (Wildman–Crippen LogP) is 3.83. The topological polar surface area (TPSA) is 64.0 Å². The van der Waals surface area contributed by atoms with Crippen molar-refractivity contribution in [1.82, 2.24) is 14.9 Å². The zero-order valence-corrected chi connectivity index (χ0v) is 17.4. The van der Waals surface area contributed by atoms with Crippen molar-refractivity contribution in [3.63, 3.8) is 0 Å². The zero-order chi connectivity index (χ0) is 19.8. The Hall–Kier alpha value is -2.47. The largest absolute Gasteiger partial charge is 0.348 e. The molecule has 0 saturated carbocycles. The summed E-state index contributed by atoms with van der Waals surface area (Å²) in [6.07, 6.45) is 5.76. The third kappa shape index (κ3) is 3.49. The fraction of sp³-hybridized carbons (Fsp3) is 0.409. The second kappa shape index (κ2) is 7.51. The highest BCUT2D eigenvalue weighted by Gasteiger charge is 2.20. The normalized spacial score (nSPS) is 14.7. The minimum Gasteiger partial charge on any atom is -0.348 e. The molecule has 146 valence electrons. The SMILES string of the molecule is Cc1ccc([C@H](C)NC(=O)Cn2cnc3sc4c(c3c2=O)CCCC4)cc1C. The molecule has 6 heteroatoms. The van der Waals surface area contributed by atoms with E-state index in [4.69, 9.17) is 0 Å². The van der Waals surface area contributed by atoms with E-state index >= 15 is 0 Å². The number of rotatable bonds is 4. The molecule has 3 aromatic rings. The second-order valence-electron chi connectivity index (χ2n) is 7.70. The monoisotopic (exact) mass is 395 g/mol. The van der Waals surface area contributed by atoms with Crippen molar-refractivity contribution in [1.29, 1.82) is 0 Å². The van der Waals surface area contributed by atoms with Crippen molar-refractivity contribution in [2.75, 3.05) is 0 Å². The van der Waals surface area contributed by atoms with Crippen molar-refractivity contribution >= 4 is 27.5 Å². The van der Waals surface area contributed by atoms with Crippen LogP contribution in [0.2, 0.25) is 0 Å². The molecule has 1 atom stereocenters. The first-order chi connectivity index (χ1) is 13.4. The molecule has 0 spiro atoms. The standard InChI is InChI=1S/C22H25N3O2S/c1-13-8-9-16(10-14(13)2)15(3)24-19(26)11-25-12-23-21-20(22(25)27)17-6-4-5-7-18(17)28-21/h8-10,12,15H,4-7,11H2,1-3H3,(H,24,26)/t15-/m0/s1. The minimum atomic E-state index is -0.182. The van der Waals surface area contributed by atoms with Crippen LogP contribution in [0.1, 0.15) is 52.9 Å². The average Bonchev–Trinajstić information content (AvgIpc) is 3.05. The number of hydrogen-bond donors (Lipinski definition) is 1. The maximum Gasteiger partial charge on any atom is 0.262 e. The van der Waals surface area contributed by atoms with Crippen LogP contribution in [0.3, 0.4) is 0 Å². The molecular weight excluding hydrogens is 370 g/mol. The first-order valence-electron chi connectivity index (χ1n) is 9.80. The van der Waals surface area contributed by atoms with E-state index in [0.29, 0.717) is 0 Å². The third-order valence-electron chi connectivity index (χ3n) is 5.66. The van der Waals surface area contributed by atoms with Crippen molar-refractivity contribution in [3.8, 4) is 0 Å². The summed E-state index contributed by atoms with van der Waals surface area (Å²) in [6, 6.07) is 6.07. The number of carbonyl (C=O) groups excluding carboxylic acids is 1. The van der Waals surface area contributed by atoms with E-state index in [1.54, 1.807) is 11.3 Å². The number of nitrogens with one attached hydrogen (secondary N) is 1. The van der Waals surface area contributed by atoms with Gasteiger partial charge in [-0.2, -0.15) is 0 Å². The van der Waals surface area contributed by atoms with Crippen LogP contribution in [-0.2, 0) is 24.2 Å². The summed E-state index contributed by atoms with van der Waals surface area (Å²) in [6.45, 7) is 6.08. The Morgan fingerprint density at radius 3 is 2.82 bits per heavy atom. The number of carbonyl (C=O) groups is 1. The lowest BCUT2D eigenvalue weighted by atomic mass is 9.97. The van der Waals surface area contributed by atoms with Gasteiger partial charge in [-0.05, 0) is 68.7 Å². The van der Waals surface area contributed by atoms with Gasteiger partial charge in [0.25, 0.3) is 5.56 Å². The summed E-state index contributed by atoms with van der Waals surface area (Å²) in [5.41, 5.74) is 4.55. The maximum absolute atomic E-state index is 13.0. The predicted molar refractivity (Wildman–Crippen MR) is 113 cm³/mol. The number of aromatic nitrogens is 2. The smallest absolute Gasteiger partial charge is 0.262 e. The van der Waals surface area contributed by atoms with Gasteiger partial charge in [0.2, 0.25) is 5.91 Å². The van der Waals surface area contributed by atoms with Crippen LogP contribution in [0.15, 0.2) is 29.3 Å². The van der Waals surface area contributed by atoms with E-state index in [-0.39, 0.29) is 24.1 Å². The van der Waals surface area contributed by atoms with Gasteiger partial charge in [0.15, 0.2) is 0 Å². The van der Waals surface area contributed by atoms with Crippen molar-refractivity contribution in [2.45, 2.75) is 59.0 Å². The van der Waals surface area contributed by atoms with Gasteiger partial charge in [-0.1, -0.05) is 18.2 Å². The molecule has 1 aromatic carbocycles. The van der Waals surface area contributed by atoms with Crippen LogP contribution >= 0.6 is 11.3 Å². The van der Waals surface area contributed by atoms with E-state index in [9.17, 15) is 9.59 Å². The number of fused-ring (bicyclic) bond motifs is 3. The Kier molecular flexibility index (Phi) is 5.06. The van der Waals surface area contributed by atoms with Crippen molar-refractivity contribution in [3.05, 3.63) is 62.0 Å². The Balaban J connectivity index is 1.54. The number of amides is 1. The highest BCUT2D eigenvalue weighted by Crippen LogP contribution is 2.33. The van der Waals surface area contributed by atoms with Gasteiger partial charge < -0.3 is 5.32 Å². The maximum atomic E-state index is 13.0. The summed E-state index contributed by atoms with van der Waals surface area (Å²) >= 11 is 1.63. The van der Waals surface area contributed by atoms with Crippen LogP contribution in [0.4, 0.5) is 0 Å². The van der Waals surface area contributed by atoms with E-state index in [0.717, 1.165) is 40.6 Å². The molecule has 1 aliphatic rings. The van der Waals surface area contributed by atoms with E-state index in [1.165, 1.54) is 33.3 Å². The van der Waals surface area contributed by atoms with Crippen molar-refractivity contribution < 1.29 is 4.79 Å². The molecular formula is C22H25N3O2S. The number of thiophene rings is 1. The van der Waals surface area contributed by atoms with Gasteiger partial charge in [0.1, 0.15) is 11.4 Å². The summed E-state index contributed by atoms with van der Waals surface area (Å²) in [5.74, 6) is -0.182. The lowest BCUT2D eigenvalue weighted by Crippen LogP contribution is -2.34. The molecule has 1 amide bonds. The molecule has 0 aliphatic heterocycles. The second-order valence-corrected chi connectivity index (χ2v) is 8.79. The zero-order valence-electron chi connectivity index (χ0n) is 16.5. The number of nitrogens with zero attached hydrogens (tertiary/aromatic N) is 2. The first-order valence-corrected chi connectivity index (χ1v) is 10.6. The van der Waals surface area contributed by atoms with Crippen LogP contribution in [-0.4, -0.2) is 15.5 Å². The molecule has 1 N–H and O–H groups in total. The van der Waals surface area contributed by atoms with Gasteiger partial charge in [0, 0.05) is 4.88 Å². The Morgan fingerprint density at radius 2 is 2.04 bits per heavy atom. The summed E-state index contributed by atoms with van der Waals surface area (Å²) < 4.78 is 1.44. The molecule has 0 unspecified atom stereocenters. The van der Waals surface area contributed by atoms with E-state index < -0.39 is 0 Å². The molecule has 0 fully saturated rings. The minimum absolute atomic E-state index is 0.0123. The van der Waals surface area contributed by atoms with Gasteiger partial charge >= 0.3 is 0 Å². The van der Waals surface area contributed by atoms with Crippen LogP contribution in [0.25, 0.3) is 10.2 Å². The quantitative estimate of drug-likeness (QED) is 0.730. The van der Waals surface area contributed by atoms with Gasteiger partial charge in [-0.3, -0.25) is 14.2 Å². The number of aryl methyl sites for hydroxylation is 4. The Bertz CT molecular complexity index is 1110. The highest BCUT2D eigenvalue weighted by molar-refractivity contribution is 7.18. The molecule has 2 heterocycles. The van der Waals surface area contributed by atoms with Crippen molar-refractivity contribution in [2.24, 2.45) is 0 Å². The van der Waals surface area contributed by atoms with Gasteiger partial charge in [-0.25, -0.2) is 4.98 Å². The summed E-state index contributed by atoms with van der Waals surface area (Å²) in [7, 11) is 0. The fourth-order valence-electron chi connectivity index (χ4n) is 3.85. The lowest BCUT2D eigenvalue weighted by Gasteiger charge is -2.16. The highest BCUT2D eigenvalue weighted by atomic mass is 32.1. The fourth-order valence-corrected chi connectivity index (χ4v) is 5.07. The van der Waals surface area contributed by atoms with Crippen LogP contribution in [0, 0.1) is 13.8 Å². The molecule has 5 nitrogen and oxygen atoms in total. The molecule has 2 aromatic heterocycles. The third-order valence-corrected chi connectivity index (χ3v) is 6.86.